The molecular formula is C31H29N6O3+3. The van der Waals surface area contributed by atoms with E-state index in [0.29, 0.717) is 25.2 Å². The quantitative estimate of drug-likeness (QED) is 0.198. The lowest BCUT2D eigenvalue weighted by atomic mass is 9.87. The van der Waals surface area contributed by atoms with E-state index in [0.717, 1.165) is 33.4 Å². The van der Waals surface area contributed by atoms with Crippen molar-refractivity contribution in [1.82, 2.24) is 15.0 Å². The normalized spacial score (nSPS) is 13.1. The largest absolute Gasteiger partial charge is 0.508 e. The Kier molecular flexibility index (Phi) is 6.68. The average molecular weight is 534 g/mol. The molecule has 9 nitrogen and oxygen atoms in total. The predicted octanol–water partition coefficient (Wildman–Crippen LogP) is 2.61. The van der Waals surface area contributed by atoms with Crippen LogP contribution in [0.25, 0.3) is 5.57 Å². The van der Waals surface area contributed by atoms with Crippen molar-refractivity contribution in [1.29, 1.82) is 0 Å². The number of imidazole rings is 3. The van der Waals surface area contributed by atoms with Gasteiger partial charge >= 0.3 is 0 Å². The molecule has 0 atom stereocenters. The number of phenols is 2. The maximum atomic E-state index is 12.8. The first-order chi connectivity index (χ1) is 19.5. The van der Waals surface area contributed by atoms with Gasteiger partial charge in [-0.3, -0.25) is 19.7 Å². The SMILES string of the molecule is O=C1C=CC(=C(c2ccc(O)c(C[n+]3cc[nH]c3)c2)c2ccc(O)c(C[n+]3cc[nH]c3)c2)C=C1C[n+]1cc[nH]c1. The molecule has 5 N–H and O–H groups in total. The molecule has 0 unspecified atom stereocenters. The number of nitrogens with zero attached hydrogens (tertiary/aromatic N) is 3. The lowest BCUT2D eigenvalue weighted by Gasteiger charge is -2.17. The number of nitrogens with one attached hydrogen (secondary N) is 3. The van der Waals surface area contributed by atoms with Crippen LogP contribution in [0.2, 0.25) is 0 Å². The van der Waals surface area contributed by atoms with Crippen LogP contribution in [0.5, 0.6) is 11.5 Å². The van der Waals surface area contributed by atoms with Gasteiger partial charge in [0.1, 0.15) is 68.3 Å². The van der Waals surface area contributed by atoms with Crippen molar-refractivity contribution in [3.8, 4) is 11.5 Å². The average Bonchev–Trinajstić information content (AvgIpc) is 3.75. The number of hydrogen-bond acceptors (Lipinski definition) is 3. The number of benzene rings is 2. The van der Waals surface area contributed by atoms with E-state index < -0.39 is 0 Å². The summed E-state index contributed by atoms with van der Waals surface area (Å²) in [7, 11) is 0. The predicted molar refractivity (Wildman–Crippen MR) is 146 cm³/mol. The Morgan fingerprint density at radius 2 is 1.18 bits per heavy atom. The Morgan fingerprint density at radius 1 is 0.675 bits per heavy atom. The van der Waals surface area contributed by atoms with Crippen LogP contribution in [0.1, 0.15) is 22.3 Å². The van der Waals surface area contributed by atoms with Crippen LogP contribution in [-0.2, 0) is 24.4 Å². The first-order valence-electron chi connectivity index (χ1n) is 12.9. The van der Waals surface area contributed by atoms with Gasteiger partial charge in [0, 0.05) is 16.7 Å². The molecule has 5 aromatic rings. The molecule has 0 saturated heterocycles. The fourth-order valence-corrected chi connectivity index (χ4v) is 4.94. The Hall–Kier alpha value is -5.44. The molecule has 0 spiro atoms. The smallest absolute Gasteiger partial charge is 0.241 e. The molecule has 1 aliphatic carbocycles. The standard InChI is InChI=1S/C31H26N6O3/c38-28-4-1-22(13-25(28)16-35-10-7-32-19-35)31(23-2-5-29(39)26(14-23)17-36-11-8-33-20-36)24-3-6-30(40)27(15-24)18-37-12-9-34-21-37/h1-15,19-21H,16-18H2,(H2,38,39,40)/p+3. The Morgan fingerprint density at radius 3 is 1.65 bits per heavy atom. The lowest BCUT2D eigenvalue weighted by Crippen LogP contribution is -2.33. The van der Waals surface area contributed by atoms with Crippen LogP contribution in [0.15, 0.2) is 122 Å². The van der Waals surface area contributed by atoms with Crippen molar-refractivity contribution in [3.05, 3.63) is 144 Å². The van der Waals surface area contributed by atoms with Gasteiger partial charge in [-0.05, 0) is 58.7 Å². The molecule has 0 bridgehead atoms. The highest BCUT2D eigenvalue weighted by molar-refractivity contribution is 6.07. The summed E-state index contributed by atoms with van der Waals surface area (Å²) in [6, 6.07) is 11.1. The van der Waals surface area contributed by atoms with Crippen LogP contribution >= 0.6 is 0 Å². The molecular weight excluding hydrogens is 504 g/mol. The summed E-state index contributed by atoms with van der Waals surface area (Å²) in [5, 5.41) is 21.4. The minimum absolute atomic E-state index is 0.0395. The zero-order chi connectivity index (χ0) is 27.5. The number of allylic oxidation sites excluding steroid dienone is 5. The van der Waals surface area contributed by atoms with Crippen LogP contribution in [0.4, 0.5) is 0 Å². The zero-order valence-corrected chi connectivity index (χ0v) is 21.7. The van der Waals surface area contributed by atoms with Crippen molar-refractivity contribution in [2.24, 2.45) is 0 Å². The Labute approximate surface area is 230 Å². The van der Waals surface area contributed by atoms with Gasteiger partial charge in [0.05, 0.1) is 0 Å². The van der Waals surface area contributed by atoms with Crippen molar-refractivity contribution >= 4 is 11.4 Å². The molecule has 0 aliphatic heterocycles. The van der Waals surface area contributed by atoms with Gasteiger partial charge in [-0.15, -0.1) is 0 Å². The lowest BCUT2D eigenvalue weighted by molar-refractivity contribution is -0.687. The number of phenolic OH excluding ortho intramolecular Hbond substituents is 2. The van der Waals surface area contributed by atoms with Crippen LogP contribution in [0.3, 0.4) is 0 Å². The second-order valence-electron chi connectivity index (χ2n) is 9.74. The fraction of sp³-hybridized carbons (Fsp3) is 0.0968. The van der Waals surface area contributed by atoms with E-state index >= 15 is 0 Å². The summed E-state index contributed by atoms with van der Waals surface area (Å²) in [5.74, 6) is 0.361. The molecule has 0 fully saturated rings. The molecule has 3 heterocycles. The highest BCUT2D eigenvalue weighted by Gasteiger charge is 2.20. The van der Waals surface area contributed by atoms with Gasteiger partial charge in [0.2, 0.25) is 19.0 Å². The molecule has 0 amide bonds. The first-order valence-corrected chi connectivity index (χ1v) is 12.9. The number of aromatic hydroxyl groups is 2. The molecule has 40 heavy (non-hydrogen) atoms. The summed E-state index contributed by atoms with van der Waals surface area (Å²) < 4.78 is 5.81. The molecule has 3 aromatic heterocycles. The second kappa shape index (κ2) is 10.7. The van der Waals surface area contributed by atoms with Gasteiger partial charge in [0.25, 0.3) is 0 Å². The number of carbonyl (C=O) groups is 1. The molecule has 198 valence electrons. The fourth-order valence-electron chi connectivity index (χ4n) is 4.94. The molecule has 0 radical (unpaired) electrons. The summed E-state index contributed by atoms with van der Waals surface area (Å²) >= 11 is 0. The van der Waals surface area contributed by atoms with Gasteiger partial charge in [-0.25, -0.2) is 13.7 Å². The third kappa shape index (κ3) is 5.25. The summed E-state index contributed by atoms with van der Waals surface area (Å²) in [6.07, 6.45) is 22.0. The second-order valence-corrected chi connectivity index (χ2v) is 9.74. The monoisotopic (exact) mass is 533 g/mol. The highest BCUT2D eigenvalue weighted by Crippen LogP contribution is 2.35. The first kappa shape index (κ1) is 24.9. The van der Waals surface area contributed by atoms with Crippen LogP contribution < -0.4 is 13.7 Å². The number of aromatic nitrogens is 6. The number of H-pyrrole nitrogens is 3. The van der Waals surface area contributed by atoms with E-state index in [-0.39, 0.29) is 17.3 Å². The molecule has 0 saturated carbocycles. The van der Waals surface area contributed by atoms with E-state index in [1.54, 1.807) is 18.2 Å². The van der Waals surface area contributed by atoms with E-state index in [2.05, 4.69) is 15.0 Å². The van der Waals surface area contributed by atoms with Gasteiger partial charge in [-0.2, -0.15) is 0 Å². The van der Waals surface area contributed by atoms with E-state index in [9.17, 15) is 15.0 Å². The van der Waals surface area contributed by atoms with Gasteiger partial charge < -0.3 is 10.2 Å². The van der Waals surface area contributed by atoms with Crippen molar-refractivity contribution < 1.29 is 28.7 Å². The number of hydrogen-bond donors (Lipinski definition) is 5. The summed E-state index contributed by atoms with van der Waals surface area (Å²) in [4.78, 5) is 21.9. The topological polar surface area (TPSA) is 117 Å². The minimum Gasteiger partial charge on any atom is -0.508 e. The summed E-state index contributed by atoms with van der Waals surface area (Å²) in [5.41, 5.74) is 5.68. The number of aromatic amines is 3. The maximum absolute atomic E-state index is 12.8. The van der Waals surface area contributed by atoms with Gasteiger partial charge in [-0.1, -0.05) is 18.2 Å². The third-order valence-corrected chi connectivity index (χ3v) is 6.95. The number of carbonyl (C=O) groups excluding carboxylic acids is 1. The highest BCUT2D eigenvalue weighted by atomic mass is 16.3. The van der Waals surface area contributed by atoms with Crippen molar-refractivity contribution in [2.45, 2.75) is 19.6 Å². The Balaban J connectivity index is 1.50. The van der Waals surface area contributed by atoms with Crippen molar-refractivity contribution in [3.63, 3.8) is 0 Å². The van der Waals surface area contributed by atoms with Gasteiger partial charge in [0.15, 0.2) is 5.78 Å². The summed E-state index contributed by atoms with van der Waals surface area (Å²) in [6.45, 7) is 1.39. The molecule has 9 heteroatoms. The zero-order valence-electron chi connectivity index (χ0n) is 21.7. The van der Waals surface area contributed by atoms with E-state index in [1.807, 2.05) is 106 Å². The van der Waals surface area contributed by atoms with E-state index in [4.69, 9.17) is 0 Å². The van der Waals surface area contributed by atoms with Crippen LogP contribution in [-0.4, -0.2) is 30.9 Å². The minimum atomic E-state index is -0.0395. The molecule has 2 aromatic carbocycles. The number of rotatable bonds is 8. The number of ketones is 1. The van der Waals surface area contributed by atoms with Crippen LogP contribution in [0, 0.1) is 0 Å². The third-order valence-electron chi connectivity index (χ3n) is 6.95. The molecule has 1 aliphatic rings. The Bertz CT molecular complexity index is 1660. The van der Waals surface area contributed by atoms with Crippen molar-refractivity contribution in [2.75, 3.05) is 0 Å². The van der Waals surface area contributed by atoms with E-state index in [1.165, 1.54) is 0 Å². The molecule has 6 rings (SSSR count). The maximum Gasteiger partial charge on any atom is 0.241 e.